The quantitative estimate of drug-likeness (QED) is 0.623. The molecule has 0 saturated heterocycles. The van der Waals surface area contributed by atoms with Gasteiger partial charge >= 0.3 is 5.97 Å². The number of nitrogens with zero attached hydrogens (tertiary/aromatic N) is 3. The zero-order valence-corrected chi connectivity index (χ0v) is 15.2. The molecule has 7 nitrogen and oxygen atoms in total. The third-order valence-electron chi connectivity index (χ3n) is 4.22. The molecule has 0 bridgehead atoms. The largest absolute Gasteiger partial charge is 0.488 e. The Morgan fingerprint density at radius 1 is 1.15 bits per heavy atom. The first-order chi connectivity index (χ1) is 12.9. The molecule has 2 aromatic carbocycles. The van der Waals surface area contributed by atoms with Crippen molar-refractivity contribution in [3.63, 3.8) is 0 Å². The van der Waals surface area contributed by atoms with Crippen molar-refractivity contribution in [2.24, 2.45) is 0 Å². The summed E-state index contributed by atoms with van der Waals surface area (Å²) in [7, 11) is 0. The Hall–Kier alpha value is -3.19. The number of hydrogen-bond acceptors (Lipinski definition) is 5. The number of aliphatic hydroxyl groups is 1. The number of aromatic nitrogens is 3. The van der Waals surface area contributed by atoms with Gasteiger partial charge in [-0.25, -0.2) is 4.79 Å². The highest BCUT2D eigenvalue weighted by Gasteiger charge is 2.32. The molecule has 0 aliphatic rings. The van der Waals surface area contributed by atoms with E-state index in [9.17, 15) is 9.90 Å². The van der Waals surface area contributed by atoms with E-state index in [4.69, 9.17) is 9.84 Å². The number of hydrogen-bond donors (Lipinski definition) is 2. The number of carbonyl (C=O) groups is 1. The van der Waals surface area contributed by atoms with E-state index in [1.54, 1.807) is 24.3 Å². The van der Waals surface area contributed by atoms with Crippen molar-refractivity contribution in [3.8, 4) is 5.75 Å². The first-order valence-electron chi connectivity index (χ1n) is 8.52. The minimum Gasteiger partial charge on any atom is -0.488 e. The van der Waals surface area contributed by atoms with Crippen molar-refractivity contribution >= 4 is 17.0 Å². The SMILES string of the molecule is CC(=CCC(O)(COc1ccc(C)cc1)n1nc2ccccc2n1)C(=O)O. The van der Waals surface area contributed by atoms with Crippen molar-refractivity contribution in [2.75, 3.05) is 6.61 Å². The summed E-state index contributed by atoms with van der Waals surface area (Å²) >= 11 is 0. The van der Waals surface area contributed by atoms with Crippen molar-refractivity contribution in [3.05, 3.63) is 65.7 Å². The summed E-state index contributed by atoms with van der Waals surface area (Å²) in [5.41, 5.74) is 0.842. The second kappa shape index (κ2) is 7.59. The van der Waals surface area contributed by atoms with E-state index in [0.29, 0.717) is 16.8 Å². The topological polar surface area (TPSA) is 97.5 Å². The predicted octanol–water partition coefficient (Wildman–Crippen LogP) is 2.88. The van der Waals surface area contributed by atoms with Gasteiger partial charge in [-0.1, -0.05) is 35.9 Å². The van der Waals surface area contributed by atoms with E-state index < -0.39 is 11.7 Å². The Kier molecular flexibility index (Phi) is 5.23. The van der Waals surface area contributed by atoms with Crippen LogP contribution in [0.2, 0.25) is 0 Å². The molecule has 0 saturated carbocycles. The molecule has 2 N–H and O–H groups in total. The van der Waals surface area contributed by atoms with Crippen LogP contribution in [0, 0.1) is 6.92 Å². The number of ether oxygens (including phenoxy) is 1. The number of aryl methyl sites for hydroxylation is 1. The van der Waals surface area contributed by atoms with E-state index >= 15 is 0 Å². The van der Waals surface area contributed by atoms with Gasteiger partial charge in [-0.05, 0) is 38.1 Å². The van der Waals surface area contributed by atoms with Gasteiger partial charge < -0.3 is 14.9 Å². The lowest BCUT2D eigenvalue weighted by Crippen LogP contribution is -2.41. The minimum absolute atomic E-state index is 0.0159. The number of benzene rings is 2. The van der Waals surface area contributed by atoms with Crippen molar-refractivity contribution in [1.29, 1.82) is 0 Å². The van der Waals surface area contributed by atoms with Gasteiger partial charge in [0.15, 0.2) is 0 Å². The van der Waals surface area contributed by atoms with Crippen LogP contribution in [-0.4, -0.2) is 37.8 Å². The lowest BCUT2D eigenvalue weighted by atomic mass is 10.1. The van der Waals surface area contributed by atoms with Gasteiger partial charge in [0.05, 0.1) is 0 Å². The van der Waals surface area contributed by atoms with Crippen LogP contribution in [0.3, 0.4) is 0 Å². The first-order valence-corrected chi connectivity index (χ1v) is 8.52. The molecule has 0 spiro atoms. The summed E-state index contributed by atoms with van der Waals surface area (Å²) in [5, 5.41) is 28.9. The van der Waals surface area contributed by atoms with Crippen molar-refractivity contribution in [1.82, 2.24) is 15.0 Å². The molecule has 0 radical (unpaired) electrons. The normalized spacial score (nSPS) is 14.1. The summed E-state index contributed by atoms with van der Waals surface area (Å²) in [4.78, 5) is 12.3. The number of rotatable bonds is 7. The van der Waals surface area contributed by atoms with Crippen LogP contribution in [0.4, 0.5) is 0 Å². The Bertz CT molecular complexity index is 945. The molecule has 1 atom stereocenters. The van der Waals surface area contributed by atoms with E-state index in [0.717, 1.165) is 5.56 Å². The Morgan fingerprint density at radius 3 is 2.30 bits per heavy atom. The number of carboxylic acid groups (broad SMARTS) is 1. The number of carboxylic acids is 1. The van der Waals surface area contributed by atoms with Gasteiger partial charge in [0.2, 0.25) is 5.72 Å². The van der Waals surface area contributed by atoms with Gasteiger partial charge in [-0.15, -0.1) is 4.80 Å². The van der Waals surface area contributed by atoms with E-state index in [1.807, 2.05) is 31.2 Å². The summed E-state index contributed by atoms with van der Waals surface area (Å²) < 4.78 is 5.74. The third-order valence-corrected chi connectivity index (χ3v) is 4.22. The minimum atomic E-state index is -1.64. The Morgan fingerprint density at radius 2 is 1.74 bits per heavy atom. The van der Waals surface area contributed by atoms with Crippen LogP contribution in [0.5, 0.6) is 5.75 Å². The highest BCUT2D eigenvalue weighted by atomic mass is 16.5. The molecule has 1 aromatic heterocycles. The van der Waals surface area contributed by atoms with E-state index in [2.05, 4.69) is 10.2 Å². The second-order valence-corrected chi connectivity index (χ2v) is 6.46. The number of aliphatic carboxylic acids is 1. The molecule has 1 unspecified atom stereocenters. The fourth-order valence-electron chi connectivity index (χ4n) is 2.48. The molecule has 0 fully saturated rings. The molecule has 7 heteroatoms. The molecule has 3 rings (SSSR count). The summed E-state index contributed by atoms with van der Waals surface area (Å²) in [6.07, 6.45) is 1.42. The summed E-state index contributed by atoms with van der Waals surface area (Å²) in [6.45, 7) is 3.30. The maximum Gasteiger partial charge on any atom is 0.330 e. The van der Waals surface area contributed by atoms with Crippen LogP contribution in [0.25, 0.3) is 11.0 Å². The monoisotopic (exact) mass is 367 g/mol. The highest BCUT2D eigenvalue weighted by Crippen LogP contribution is 2.22. The van der Waals surface area contributed by atoms with E-state index in [-0.39, 0.29) is 18.6 Å². The lowest BCUT2D eigenvalue weighted by Gasteiger charge is -2.26. The van der Waals surface area contributed by atoms with E-state index in [1.165, 1.54) is 17.8 Å². The molecule has 27 heavy (non-hydrogen) atoms. The van der Waals surface area contributed by atoms with Crippen LogP contribution in [0.15, 0.2) is 60.2 Å². The fraction of sp³-hybridized carbons (Fsp3) is 0.250. The average molecular weight is 367 g/mol. The molecule has 3 aromatic rings. The van der Waals surface area contributed by atoms with Gasteiger partial charge in [0, 0.05) is 12.0 Å². The highest BCUT2D eigenvalue weighted by molar-refractivity contribution is 5.85. The zero-order chi connectivity index (χ0) is 19.4. The molecule has 1 heterocycles. The maximum atomic E-state index is 11.2. The molecule has 140 valence electrons. The molecular weight excluding hydrogens is 346 g/mol. The maximum absolute atomic E-state index is 11.2. The third kappa shape index (κ3) is 4.32. The molecule has 0 aliphatic carbocycles. The number of fused-ring (bicyclic) bond motifs is 1. The first kappa shape index (κ1) is 18.6. The summed E-state index contributed by atoms with van der Waals surface area (Å²) in [6, 6.07) is 14.7. The Labute approximate surface area is 156 Å². The molecule has 0 amide bonds. The van der Waals surface area contributed by atoms with Gasteiger partial charge in [0.25, 0.3) is 0 Å². The molecule has 0 aliphatic heterocycles. The lowest BCUT2D eigenvalue weighted by molar-refractivity contribution is -0.132. The van der Waals surface area contributed by atoms with Gasteiger partial charge in [-0.3, -0.25) is 0 Å². The average Bonchev–Trinajstić information content (AvgIpc) is 3.10. The standard InChI is InChI=1S/C20H21N3O4/c1-14-7-9-16(10-8-14)27-13-20(26,12-11-15(2)19(24)25)23-21-17-5-3-4-6-18(17)22-23/h3-11,26H,12-13H2,1-2H3,(H,24,25). The van der Waals surface area contributed by atoms with Crippen LogP contribution >= 0.6 is 0 Å². The second-order valence-electron chi connectivity index (χ2n) is 6.46. The van der Waals surface area contributed by atoms with Gasteiger partial charge in [0.1, 0.15) is 23.4 Å². The van der Waals surface area contributed by atoms with Crippen LogP contribution < -0.4 is 4.74 Å². The smallest absolute Gasteiger partial charge is 0.330 e. The molecular formula is C20H21N3O4. The van der Waals surface area contributed by atoms with Crippen molar-refractivity contribution in [2.45, 2.75) is 26.0 Å². The summed E-state index contributed by atoms with van der Waals surface area (Å²) in [5.74, 6) is -0.454. The van der Waals surface area contributed by atoms with Crippen LogP contribution in [0.1, 0.15) is 18.9 Å². The van der Waals surface area contributed by atoms with Crippen LogP contribution in [-0.2, 0) is 10.5 Å². The predicted molar refractivity (Wildman–Crippen MR) is 100 cm³/mol. The fourth-order valence-corrected chi connectivity index (χ4v) is 2.48. The van der Waals surface area contributed by atoms with Crippen molar-refractivity contribution < 1.29 is 19.7 Å². The van der Waals surface area contributed by atoms with Gasteiger partial charge in [-0.2, -0.15) is 10.2 Å². The Balaban J connectivity index is 1.90. The zero-order valence-electron chi connectivity index (χ0n) is 15.2.